The minimum Gasteiger partial charge on any atom is -0.390 e. The molecule has 214 valence electrons. The van der Waals surface area contributed by atoms with Crippen LogP contribution in [0.4, 0.5) is 11.5 Å². The van der Waals surface area contributed by atoms with E-state index in [1.54, 1.807) is 23.4 Å². The zero-order valence-electron chi connectivity index (χ0n) is 23.0. The molecular weight excluding hydrogens is 534 g/mol. The molecule has 0 aromatic carbocycles. The molecule has 1 amide bonds. The van der Waals surface area contributed by atoms with Crippen molar-refractivity contribution in [2.24, 2.45) is 17.8 Å². The monoisotopic (exact) mass is 565 g/mol. The number of aromatic nitrogens is 5. The van der Waals surface area contributed by atoms with Crippen LogP contribution in [-0.4, -0.2) is 78.8 Å². The lowest BCUT2D eigenvalue weighted by atomic mass is 9.52. The summed E-state index contributed by atoms with van der Waals surface area (Å²) >= 11 is 0. The van der Waals surface area contributed by atoms with E-state index in [1.807, 2.05) is 18.3 Å². The number of hydrogen-bond acceptors (Lipinski definition) is 10. The van der Waals surface area contributed by atoms with E-state index in [4.69, 9.17) is 9.78 Å². The molecule has 1 aliphatic heterocycles. The van der Waals surface area contributed by atoms with Gasteiger partial charge in [-0.2, -0.15) is 10.2 Å². The maximum absolute atomic E-state index is 13.4. The average Bonchev–Trinajstić information content (AvgIpc) is 3.68. The molecule has 4 bridgehead atoms. The van der Waals surface area contributed by atoms with Crippen molar-refractivity contribution in [1.82, 2.24) is 30.0 Å². The quantitative estimate of drug-likeness (QED) is 0.328. The number of aromatic amines is 1. The summed E-state index contributed by atoms with van der Waals surface area (Å²) in [6, 6.07) is 7.88. The fourth-order valence-corrected chi connectivity index (χ4v) is 8.05. The molecule has 5 heterocycles. The minimum absolute atomic E-state index is 0.0203. The Morgan fingerprint density at radius 3 is 2.62 bits per heavy atom. The third-order valence-corrected chi connectivity index (χ3v) is 9.75. The highest BCUT2D eigenvalue weighted by molar-refractivity contribution is 5.97. The molecule has 0 radical (unpaired) electrons. The number of aliphatic hydroxyl groups is 1. The maximum atomic E-state index is 13.4. The predicted molar refractivity (Wildman–Crippen MR) is 152 cm³/mol. The normalized spacial score (nSPS) is 28.3. The fourth-order valence-electron chi connectivity index (χ4n) is 8.05. The first-order valence-electron chi connectivity index (χ1n) is 14.7. The molecule has 4 aliphatic carbocycles. The van der Waals surface area contributed by atoms with Crippen molar-refractivity contribution >= 4 is 28.4 Å². The summed E-state index contributed by atoms with van der Waals surface area (Å²) < 4.78 is 5.68. The second-order valence-electron chi connectivity index (χ2n) is 12.4. The van der Waals surface area contributed by atoms with E-state index in [2.05, 4.69) is 41.4 Å². The van der Waals surface area contributed by atoms with Gasteiger partial charge in [-0.25, -0.2) is 9.97 Å². The van der Waals surface area contributed by atoms with E-state index >= 15 is 0 Å². The van der Waals surface area contributed by atoms with Gasteiger partial charge in [-0.1, -0.05) is 5.16 Å². The van der Waals surface area contributed by atoms with Crippen LogP contribution < -0.4 is 10.2 Å². The first-order chi connectivity index (χ1) is 20.5. The average molecular weight is 566 g/mol. The second kappa shape index (κ2) is 9.52. The Morgan fingerprint density at radius 1 is 1.10 bits per heavy atom. The van der Waals surface area contributed by atoms with Crippen molar-refractivity contribution in [3.05, 3.63) is 48.2 Å². The number of pyridine rings is 2. The van der Waals surface area contributed by atoms with Crippen LogP contribution in [0, 0.1) is 29.1 Å². The number of nitriles is 1. The summed E-state index contributed by atoms with van der Waals surface area (Å²) in [6.45, 7) is 2.20. The lowest BCUT2D eigenvalue weighted by Gasteiger charge is -2.58. The largest absolute Gasteiger partial charge is 0.390 e. The van der Waals surface area contributed by atoms with Crippen LogP contribution in [0.15, 0.2) is 41.3 Å². The fraction of sp³-hybridized carbons (Fsp3) is 0.467. The topological polar surface area (TPSA) is 160 Å². The number of hydrogen-bond donors (Lipinski definition) is 3. The van der Waals surface area contributed by atoms with Crippen LogP contribution in [0.2, 0.25) is 0 Å². The Morgan fingerprint density at radius 2 is 1.90 bits per heavy atom. The molecule has 0 spiro atoms. The molecule has 3 N–H and O–H groups in total. The molecule has 4 aromatic rings. The Labute approximate surface area is 241 Å². The Hall–Kier alpha value is -4.50. The summed E-state index contributed by atoms with van der Waals surface area (Å²) in [7, 11) is 0. The van der Waals surface area contributed by atoms with E-state index in [0.717, 1.165) is 54.6 Å². The molecule has 42 heavy (non-hydrogen) atoms. The Bertz CT molecular complexity index is 1680. The molecule has 9 rings (SSSR count). The van der Waals surface area contributed by atoms with Gasteiger partial charge < -0.3 is 29.7 Å². The van der Waals surface area contributed by atoms with E-state index in [0.29, 0.717) is 55.1 Å². The molecule has 12 heteroatoms. The van der Waals surface area contributed by atoms with Gasteiger partial charge in [-0.05, 0) is 68.1 Å². The van der Waals surface area contributed by atoms with Crippen molar-refractivity contribution in [2.75, 3.05) is 36.4 Å². The molecule has 4 saturated carbocycles. The van der Waals surface area contributed by atoms with Crippen molar-refractivity contribution in [3.8, 4) is 17.5 Å². The highest BCUT2D eigenvalue weighted by atomic mass is 16.5. The van der Waals surface area contributed by atoms with Gasteiger partial charge in [0.2, 0.25) is 0 Å². The van der Waals surface area contributed by atoms with Gasteiger partial charge in [0.05, 0.1) is 22.4 Å². The number of carbonyl (C=O) groups excluding carboxylic acids is 1. The molecule has 5 aliphatic rings. The summed E-state index contributed by atoms with van der Waals surface area (Å²) in [4.78, 5) is 33.8. The number of nitrogens with zero attached hydrogens (tertiary/aromatic N) is 7. The summed E-state index contributed by atoms with van der Waals surface area (Å²) in [6.07, 6.45) is 10.0. The number of rotatable bonds is 5. The lowest BCUT2D eigenvalue weighted by Crippen LogP contribution is -2.59. The standard InChI is InChI=1S/C30H31N9O3/c31-14-17-1-2-23(33-15-17)38-5-7-39(8-6-38)29(40)27-36-28(42-37-27)22-16-34-26-21(3-4-32-26)25(22)35-24-19-9-18-10-20(24)13-30(41,11-18)12-19/h1-4,15-16,18-20,24,41H,5-13H2,(H2,32,34,35). The van der Waals surface area contributed by atoms with E-state index in [9.17, 15) is 9.90 Å². The number of piperazine rings is 1. The van der Waals surface area contributed by atoms with Gasteiger partial charge in [0.15, 0.2) is 0 Å². The molecule has 1 saturated heterocycles. The first-order valence-corrected chi connectivity index (χ1v) is 14.7. The zero-order valence-corrected chi connectivity index (χ0v) is 23.0. The van der Waals surface area contributed by atoms with Gasteiger partial charge in [0.25, 0.3) is 17.6 Å². The SMILES string of the molecule is N#Cc1ccc(N2CCN(C(=O)c3noc(-c4cnc5[nH]ccc5c4NC4C5CC6CC4CC(O)(C6)C5)n3)CC2)nc1. The van der Waals surface area contributed by atoms with Gasteiger partial charge >= 0.3 is 0 Å². The first kappa shape index (κ1) is 25.2. The molecule has 2 atom stereocenters. The molecule has 5 fully saturated rings. The Kier molecular flexibility index (Phi) is 5.72. The number of H-pyrrole nitrogens is 1. The lowest BCUT2D eigenvalue weighted by molar-refractivity contribution is -0.129. The van der Waals surface area contributed by atoms with Crippen molar-refractivity contribution in [2.45, 2.75) is 43.7 Å². The minimum atomic E-state index is -0.509. The molecule has 12 nitrogen and oxygen atoms in total. The van der Waals surface area contributed by atoms with Crippen molar-refractivity contribution in [3.63, 3.8) is 0 Å². The van der Waals surface area contributed by atoms with E-state index in [1.165, 1.54) is 0 Å². The van der Waals surface area contributed by atoms with Gasteiger partial charge in [-0.3, -0.25) is 4.79 Å². The number of anilines is 2. The Balaban J connectivity index is 1.02. The second-order valence-corrected chi connectivity index (χ2v) is 12.4. The van der Waals surface area contributed by atoms with Gasteiger partial charge in [-0.15, -0.1) is 0 Å². The highest BCUT2D eigenvalue weighted by Gasteiger charge is 2.54. The van der Waals surface area contributed by atoms with Crippen LogP contribution in [-0.2, 0) is 0 Å². The summed E-state index contributed by atoms with van der Waals surface area (Å²) in [5.41, 5.74) is 2.30. The van der Waals surface area contributed by atoms with Gasteiger partial charge in [0.1, 0.15) is 17.5 Å². The van der Waals surface area contributed by atoms with E-state index in [-0.39, 0.29) is 23.7 Å². The summed E-state index contributed by atoms with van der Waals surface area (Å²) in [5, 5.41) is 28.9. The number of fused-ring (bicyclic) bond motifs is 1. The maximum Gasteiger partial charge on any atom is 0.295 e. The summed E-state index contributed by atoms with van der Waals surface area (Å²) in [5.74, 6) is 2.21. The number of nitrogens with one attached hydrogen (secondary N) is 2. The van der Waals surface area contributed by atoms with Crippen molar-refractivity contribution in [1.29, 1.82) is 5.26 Å². The van der Waals surface area contributed by atoms with E-state index < -0.39 is 5.60 Å². The van der Waals surface area contributed by atoms with Crippen LogP contribution in [0.5, 0.6) is 0 Å². The highest BCUT2D eigenvalue weighted by Crippen LogP contribution is 2.56. The van der Waals surface area contributed by atoms with Crippen LogP contribution in [0.1, 0.15) is 48.3 Å². The molecule has 4 aromatic heterocycles. The van der Waals surface area contributed by atoms with Crippen LogP contribution >= 0.6 is 0 Å². The third kappa shape index (κ3) is 4.18. The number of amides is 1. The zero-order chi connectivity index (χ0) is 28.4. The van der Waals surface area contributed by atoms with Crippen molar-refractivity contribution < 1.29 is 14.4 Å². The third-order valence-electron chi connectivity index (χ3n) is 9.75. The number of carbonyl (C=O) groups is 1. The predicted octanol–water partition coefficient (Wildman–Crippen LogP) is 3.19. The smallest absolute Gasteiger partial charge is 0.295 e. The van der Waals surface area contributed by atoms with Crippen LogP contribution in [0.3, 0.4) is 0 Å². The van der Waals surface area contributed by atoms with Crippen LogP contribution in [0.25, 0.3) is 22.5 Å². The van der Waals surface area contributed by atoms with Gasteiger partial charge in [0, 0.05) is 56.2 Å². The molecule has 2 unspecified atom stereocenters. The molecular formula is C30H31N9O3.